The van der Waals surface area contributed by atoms with Gasteiger partial charge in [0.15, 0.2) is 0 Å². The van der Waals surface area contributed by atoms with Gasteiger partial charge in [0, 0.05) is 0 Å². The van der Waals surface area contributed by atoms with E-state index < -0.39 is 0 Å². The molecule has 0 aromatic heterocycles. The van der Waals surface area contributed by atoms with Crippen molar-refractivity contribution in [3.63, 3.8) is 0 Å². The topological polar surface area (TPSA) is 0 Å². The minimum atomic E-state index is 0.943. The lowest BCUT2D eigenvalue weighted by atomic mass is 9.83. The maximum absolute atomic E-state index is 2.45. The predicted molar refractivity (Wildman–Crippen MR) is 71.2 cm³/mol. The lowest BCUT2D eigenvalue weighted by Crippen LogP contribution is -2.11. The molecule has 0 N–H and O–H groups in total. The van der Waals surface area contributed by atoms with Crippen LogP contribution in [-0.4, -0.2) is 0 Å². The Bertz CT molecular complexity index is 107. The van der Waals surface area contributed by atoms with E-state index in [1.54, 1.807) is 0 Å². The summed E-state index contributed by atoms with van der Waals surface area (Å²) in [5.74, 6) is 1.95. The van der Waals surface area contributed by atoms with Crippen LogP contribution in [0.5, 0.6) is 0 Å². The molecule has 0 heteroatoms. The molecule has 0 aliphatic heterocycles. The summed E-state index contributed by atoms with van der Waals surface area (Å²) in [5.41, 5.74) is 0. The van der Waals surface area contributed by atoms with E-state index in [2.05, 4.69) is 27.7 Å². The van der Waals surface area contributed by atoms with Gasteiger partial charge < -0.3 is 0 Å². The van der Waals surface area contributed by atoms with Crippen LogP contribution in [0.25, 0.3) is 0 Å². The molecule has 0 saturated heterocycles. The van der Waals surface area contributed by atoms with E-state index in [0.717, 1.165) is 11.8 Å². The van der Waals surface area contributed by atoms with E-state index in [1.807, 2.05) is 0 Å². The molecular formula is C15H32. The Morgan fingerprint density at radius 3 is 1.53 bits per heavy atom. The molecule has 0 aromatic carbocycles. The molecule has 0 heterocycles. The highest BCUT2D eigenvalue weighted by molar-refractivity contribution is 4.66. The summed E-state index contributed by atoms with van der Waals surface area (Å²) in [6, 6.07) is 0. The Morgan fingerprint density at radius 2 is 1.20 bits per heavy atom. The minimum absolute atomic E-state index is 0.943. The van der Waals surface area contributed by atoms with E-state index in [-0.39, 0.29) is 0 Å². The molecule has 1 atom stereocenters. The fraction of sp³-hybridized carbons (Fsp3) is 1.00. The number of rotatable bonds is 10. The van der Waals surface area contributed by atoms with Crippen LogP contribution in [0.3, 0.4) is 0 Å². The summed E-state index contributed by atoms with van der Waals surface area (Å²) >= 11 is 0. The lowest BCUT2D eigenvalue weighted by molar-refractivity contribution is 0.290. The molecule has 0 rings (SSSR count). The van der Waals surface area contributed by atoms with Crippen molar-refractivity contribution in [2.24, 2.45) is 11.8 Å². The first kappa shape index (κ1) is 15.0. The maximum Gasteiger partial charge on any atom is -0.0389 e. The van der Waals surface area contributed by atoms with Crippen molar-refractivity contribution >= 4 is 0 Å². The highest BCUT2D eigenvalue weighted by atomic mass is 14.2. The molecular weight excluding hydrogens is 180 g/mol. The molecule has 0 aliphatic rings. The summed E-state index contributed by atoms with van der Waals surface area (Å²) in [6.07, 6.45) is 12.8. The fourth-order valence-electron chi connectivity index (χ4n) is 2.36. The second-order valence-electron chi connectivity index (χ2n) is 5.14. The number of hydrogen-bond acceptors (Lipinski definition) is 0. The molecule has 0 amide bonds. The molecule has 0 saturated carbocycles. The van der Waals surface area contributed by atoms with E-state index >= 15 is 0 Å². The van der Waals surface area contributed by atoms with Gasteiger partial charge in [0.2, 0.25) is 0 Å². The van der Waals surface area contributed by atoms with Crippen LogP contribution < -0.4 is 0 Å². The van der Waals surface area contributed by atoms with Gasteiger partial charge in [0.05, 0.1) is 0 Å². The maximum atomic E-state index is 2.45. The Balaban J connectivity index is 3.73. The van der Waals surface area contributed by atoms with Gasteiger partial charge in [-0.05, 0) is 11.8 Å². The van der Waals surface area contributed by atoms with Gasteiger partial charge >= 0.3 is 0 Å². The first-order valence-corrected chi connectivity index (χ1v) is 7.26. The van der Waals surface area contributed by atoms with Gasteiger partial charge in [-0.2, -0.15) is 0 Å². The predicted octanol–water partition coefficient (Wildman–Crippen LogP) is 5.81. The van der Waals surface area contributed by atoms with Gasteiger partial charge in [0.25, 0.3) is 0 Å². The monoisotopic (exact) mass is 212 g/mol. The first-order chi connectivity index (χ1) is 7.26. The molecule has 15 heavy (non-hydrogen) atoms. The second kappa shape index (κ2) is 10.5. The molecule has 0 radical (unpaired) electrons. The standard InChI is InChI=1S/C15H32/c1-5-8-10-12-15(14(4)7-3)13-11-9-6-2/h14-15H,5-13H2,1-4H3. The van der Waals surface area contributed by atoms with Crippen LogP contribution in [0.15, 0.2) is 0 Å². The van der Waals surface area contributed by atoms with Crippen molar-refractivity contribution in [2.75, 3.05) is 0 Å². The average Bonchev–Trinajstić information content (AvgIpc) is 2.26. The van der Waals surface area contributed by atoms with Gasteiger partial charge in [-0.15, -0.1) is 0 Å². The molecule has 0 aromatic rings. The van der Waals surface area contributed by atoms with Crippen LogP contribution >= 0.6 is 0 Å². The Labute approximate surface area is 97.8 Å². The van der Waals surface area contributed by atoms with E-state index in [4.69, 9.17) is 0 Å². The number of hydrogen-bond donors (Lipinski definition) is 0. The zero-order valence-corrected chi connectivity index (χ0v) is 11.5. The van der Waals surface area contributed by atoms with E-state index in [1.165, 1.54) is 57.8 Å². The third-order valence-corrected chi connectivity index (χ3v) is 3.81. The highest BCUT2D eigenvalue weighted by Crippen LogP contribution is 2.27. The summed E-state index contributed by atoms with van der Waals surface area (Å²) in [6.45, 7) is 9.39. The molecule has 0 spiro atoms. The Hall–Kier alpha value is 0. The molecule has 0 bridgehead atoms. The number of unbranched alkanes of at least 4 members (excludes halogenated alkanes) is 4. The van der Waals surface area contributed by atoms with E-state index in [9.17, 15) is 0 Å². The third-order valence-electron chi connectivity index (χ3n) is 3.81. The molecule has 0 aliphatic carbocycles. The third kappa shape index (κ3) is 7.88. The Kier molecular flexibility index (Phi) is 10.5. The summed E-state index contributed by atoms with van der Waals surface area (Å²) in [4.78, 5) is 0. The fourth-order valence-corrected chi connectivity index (χ4v) is 2.36. The van der Waals surface area contributed by atoms with Crippen LogP contribution in [0.2, 0.25) is 0 Å². The molecule has 0 fully saturated rings. The average molecular weight is 212 g/mol. The van der Waals surface area contributed by atoms with E-state index in [0.29, 0.717) is 0 Å². The zero-order chi connectivity index (χ0) is 11.5. The lowest BCUT2D eigenvalue weighted by Gasteiger charge is -2.23. The summed E-state index contributed by atoms with van der Waals surface area (Å²) in [5, 5.41) is 0. The first-order valence-electron chi connectivity index (χ1n) is 7.26. The normalized spacial score (nSPS) is 13.4. The SMILES string of the molecule is CCCCCC(CCCCC)C(C)CC. The molecule has 0 nitrogen and oxygen atoms in total. The van der Waals surface area contributed by atoms with Gasteiger partial charge in [-0.1, -0.05) is 85.5 Å². The van der Waals surface area contributed by atoms with Crippen molar-refractivity contribution in [3.8, 4) is 0 Å². The highest BCUT2D eigenvalue weighted by Gasteiger charge is 2.14. The van der Waals surface area contributed by atoms with Crippen molar-refractivity contribution in [1.82, 2.24) is 0 Å². The summed E-state index contributed by atoms with van der Waals surface area (Å²) < 4.78 is 0. The van der Waals surface area contributed by atoms with Gasteiger partial charge in [-0.25, -0.2) is 0 Å². The van der Waals surface area contributed by atoms with Crippen molar-refractivity contribution in [2.45, 2.75) is 85.5 Å². The Morgan fingerprint density at radius 1 is 0.733 bits per heavy atom. The zero-order valence-electron chi connectivity index (χ0n) is 11.5. The van der Waals surface area contributed by atoms with Crippen molar-refractivity contribution < 1.29 is 0 Å². The van der Waals surface area contributed by atoms with Crippen LogP contribution in [0.4, 0.5) is 0 Å². The quantitative estimate of drug-likeness (QED) is 0.401. The minimum Gasteiger partial charge on any atom is -0.0654 e. The van der Waals surface area contributed by atoms with Gasteiger partial charge in [0.1, 0.15) is 0 Å². The molecule has 92 valence electrons. The van der Waals surface area contributed by atoms with Crippen molar-refractivity contribution in [3.05, 3.63) is 0 Å². The van der Waals surface area contributed by atoms with Gasteiger partial charge in [-0.3, -0.25) is 0 Å². The van der Waals surface area contributed by atoms with Crippen molar-refractivity contribution in [1.29, 1.82) is 0 Å². The molecule has 1 unspecified atom stereocenters. The van der Waals surface area contributed by atoms with Crippen LogP contribution in [-0.2, 0) is 0 Å². The van der Waals surface area contributed by atoms with Crippen LogP contribution in [0, 0.1) is 11.8 Å². The van der Waals surface area contributed by atoms with Crippen LogP contribution in [0.1, 0.15) is 85.5 Å². The summed E-state index contributed by atoms with van der Waals surface area (Å²) in [7, 11) is 0. The largest absolute Gasteiger partial charge is 0.0654 e. The second-order valence-corrected chi connectivity index (χ2v) is 5.14. The smallest absolute Gasteiger partial charge is 0.0389 e.